The second kappa shape index (κ2) is 6.17. The lowest BCUT2D eigenvalue weighted by Crippen LogP contribution is -1.80. The minimum absolute atomic E-state index is 0.963. The molecule has 0 amide bonds. The highest BCUT2D eigenvalue weighted by Gasteiger charge is 2.05. The van der Waals surface area contributed by atoms with Gasteiger partial charge in [0.15, 0.2) is 0 Å². The highest BCUT2D eigenvalue weighted by atomic mass is 15.1. The number of fused-ring (bicyclic) bond motifs is 1. The first-order valence-corrected chi connectivity index (χ1v) is 8.08. The van der Waals surface area contributed by atoms with Crippen LogP contribution >= 0.6 is 0 Å². The van der Waals surface area contributed by atoms with E-state index in [0.717, 1.165) is 16.6 Å². The summed E-state index contributed by atoms with van der Waals surface area (Å²) in [4.78, 5) is 0. The molecule has 0 atom stereocenters. The van der Waals surface area contributed by atoms with Crippen LogP contribution in [0.1, 0.15) is 16.8 Å². The van der Waals surface area contributed by atoms with Gasteiger partial charge in [0.05, 0.1) is 11.2 Å². The molecule has 1 aromatic heterocycles. The van der Waals surface area contributed by atoms with E-state index in [9.17, 15) is 0 Å². The molecule has 3 aromatic carbocycles. The van der Waals surface area contributed by atoms with Crippen LogP contribution < -0.4 is 0 Å². The van der Waals surface area contributed by atoms with Gasteiger partial charge in [0.25, 0.3) is 0 Å². The third-order valence-corrected chi connectivity index (χ3v) is 4.18. The van der Waals surface area contributed by atoms with E-state index in [1.807, 2.05) is 18.2 Å². The number of nitrogens with one attached hydrogen (secondary N) is 1. The van der Waals surface area contributed by atoms with Crippen molar-refractivity contribution in [3.8, 4) is 11.1 Å². The van der Waals surface area contributed by atoms with E-state index in [4.69, 9.17) is 0 Å². The van der Waals surface area contributed by atoms with Crippen LogP contribution in [0, 0.1) is 6.92 Å². The van der Waals surface area contributed by atoms with E-state index < -0.39 is 0 Å². The maximum atomic E-state index is 4.45. The number of hydrogen-bond acceptors (Lipinski definition) is 1. The van der Waals surface area contributed by atoms with Gasteiger partial charge in [-0.15, -0.1) is 0 Å². The molecule has 0 radical (unpaired) electrons. The molecular weight excluding hydrogens is 292 g/mol. The summed E-state index contributed by atoms with van der Waals surface area (Å²) >= 11 is 0. The minimum atomic E-state index is 0.963. The highest BCUT2D eigenvalue weighted by molar-refractivity contribution is 5.92. The number of hydrogen-bond donors (Lipinski definition) is 1. The zero-order valence-electron chi connectivity index (χ0n) is 13.5. The molecule has 0 spiro atoms. The lowest BCUT2D eigenvalue weighted by atomic mass is 10.0. The Morgan fingerprint density at radius 2 is 1.62 bits per heavy atom. The Morgan fingerprint density at radius 3 is 2.46 bits per heavy atom. The molecule has 4 aromatic rings. The van der Waals surface area contributed by atoms with Gasteiger partial charge < -0.3 is 0 Å². The molecule has 1 heterocycles. The summed E-state index contributed by atoms with van der Waals surface area (Å²) in [6, 6.07) is 25.3. The summed E-state index contributed by atoms with van der Waals surface area (Å²) < 4.78 is 0. The molecule has 0 fully saturated rings. The number of aryl methyl sites for hydroxylation is 1. The Balaban J connectivity index is 1.69. The van der Waals surface area contributed by atoms with Gasteiger partial charge in [0.2, 0.25) is 0 Å². The van der Waals surface area contributed by atoms with E-state index >= 15 is 0 Å². The van der Waals surface area contributed by atoms with Gasteiger partial charge in [-0.05, 0) is 41.8 Å². The molecule has 0 unspecified atom stereocenters. The van der Waals surface area contributed by atoms with Crippen LogP contribution in [0.3, 0.4) is 0 Å². The van der Waals surface area contributed by atoms with Crippen molar-refractivity contribution in [2.24, 2.45) is 0 Å². The van der Waals surface area contributed by atoms with Crippen LogP contribution in [0.15, 0.2) is 72.8 Å². The zero-order chi connectivity index (χ0) is 16.4. The summed E-state index contributed by atoms with van der Waals surface area (Å²) in [6.45, 7) is 2.12. The fraction of sp³-hybridized carbons (Fsp3) is 0.0455. The van der Waals surface area contributed by atoms with Crippen molar-refractivity contribution >= 4 is 23.1 Å². The SMILES string of the molecule is Cc1cccc(-c2ccc3c(/C=C/c4ccccc4)n[nH]c3c2)c1. The monoisotopic (exact) mass is 310 g/mol. The summed E-state index contributed by atoms with van der Waals surface area (Å²) in [7, 11) is 0. The Kier molecular flexibility index (Phi) is 3.72. The number of aromatic nitrogens is 2. The molecule has 4 rings (SSSR count). The topological polar surface area (TPSA) is 28.7 Å². The maximum absolute atomic E-state index is 4.45. The van der Waals surface area contributed by atoms with Crippen molar-refractivity contribution in [1.82, 2.24) is 10.2 Å². The zero-order valence-corrected chi connectivity index (χ0v) is 13.5. The number of benzene rings is 3. The van der Waals surface area contributed by atoms with Crippen molar-refractivity contribution in [3.63, 3.8) is 0 Å². The summed E-state index contributed by atoms with van der Waals surface area (Å²) in [5.41, 5.74) is 6.89. The van der Waals surface area contributed by atoms with Gasteiger partial charge in [-0.3, -0.25) is 5.10 Å². The van der Waals surface area contributed by atoms with Gasteiger partial charge in [-0.1, -0.05) is 72.3 Å². The van der Waals surface area contributed by atoms with Crippen LogP contribution in [0.4, 0.5) is 0 Å². The lowest BCUT2D eigenvalue weighted by Gasteiger charge is -2.03. The largest absolute Gasteiger partial charge is 0.277 e. The summed E-state index contributed by atoms with van der Waals surface area (Å²) in [5.74, 6) is 0. The fourth-order valence-electron chi connectivity index (χ4n) is 2.91. The molecule has 0 saturated carbocycles. The van der Waals surface area contributed by atoms with E-state index in [1.165, 1.54) is 22.3 Å². The average molecular weight is 310 g/mol. The summed E-state index contributed by atoms with van der Waals surface area (Å²) in [6.07, 6.45) is 4.14. The van der Waals surface area contributed by atoms with Gasteiger partial charge in [-0.25, -0.2) is 0 Å². The van der Waals surface area contributed by atoms with Crippen molar-refractivity contribution in [3.05, 3.63) is 89.6 Å². The smallest absolute Gasteiger partial charge is 0.0927 e. The first-order chi connectivity index (χ1) is 11.8. The molecule has 0 aliphatic rings. The quantitative estimate of drug-likeness (QED) is 0.516. The van der Waals surface area contributed by atoms with Gasteiger partial charge in [0.1, 0.15) is 0 Å². The van der Waals surface area contributed by atoms with Crippen LogP contribution in [0.25, 0.3) is 34.2 Å². The Bertz CT molecular complexity index is 1010. The third-order valence-electron chi connectivity index (χ3n) is 4.18. The molecule has 1 N–H and O–H groups in total. The molecule has 2 nitrogen and oxygen atoms in total. The Morgan fingerprint density at radius 1 is 0.792 bits per heavy atom. The Labute approximate surface area is 141 Å². The standard InChI is InChI=1S/C22H18N2/c1-16-6-5-9-18(14-16)19-11-12-20-21(23-24-22(20)15-19)13-10-17-7-3-2-4-8-17/h2-15H,1H3,(H,23,24)/b13-10+. The number of rotatable bonds is 3. The van der Waals surface area contributed by atoms with Crippen LogP contribution in [0.2, 0.25) is 0 Å². The van der Waals surface area contributed by atoms with Crippen molar-refractivity contribution < 1.29 is 0 Å². The summed E-state index contributed by atoms with van der Waals surface area (Å²) in [5, 5.41) is 8.74. The fourth-order valence-corrected chi connectivity index (χ4v) is 2.91. The van der Waals surface area contributed by atoms with Crippen molar-refractivity contribution in [2.75, 3.05) is 0 Å². The number of nitrogens with zero attached hydrogens (tertiary/aromatic N) is 1. The second-order valence-corrected chi connectivity index (χ2v) is 5.98. The molecule has 24 heavy (non-hydrogen) atoms. The first-order valence-electron chi connectivity index (χ1n) is 8.08. The Hall–Kier alpha value is -3.13. The van der Waals surface area contributed by atoms with Crippen LogP contribution in [-0.2, 0) is 0 Å². The second-order valence-electron chi connectivity index (χ2n) is 5.98. The van der Waals surface area contributed by atoms with Gasteiger partial charge in [-0.2, -0.15) is 5.10 Å². The lowest BCUT2D eigenvalue weighted by molar-refractivity contribution is 1.11. The molecule has 0 saturated heterocycles. The van der Waals surface area contributed by atoms with Crippen LogP contribution in [0.5, 0.6) is 0 Å². The molecule has 0 aliphatic heterocycles. The highest BCUT2D eigenvalue weighted by Crippen LogP contribution is 2.26. The van der Waals surface area contributed by atoms with Gasteiger partial charge >= 0.3 is 0 Å². The van der Waals surface area contributed by atoms with E-state index in [1.54, 1.807) is 0 Å². The van der Waals surface area contributed by atoms with E-state index in [0.29, 0.717) is 0 Å². The molecule has 116 valence electrons. The van der Waals surface area contributed by atoms with Crippen LogP contribution in [-0.4, -0.2) is 10.2 Å². The average Bonchev–Trinajstić information content (AvgIpc) is 3.03. The van der Waals surface area contributed by atoms with Gasteiger partial charge in [0, 0.05) is 5.39 Å². The maximum Gasteiger partial charge on any atom is 0.0927 e. The van der Waals surface area contributed by atoms with E-state index in [2.05, 4.69) is 83.9 Å². The normalized spacial score (nSPS) is 11.4. The minimum Gasteiger partial charge on any atom is -0.277 e. The molecule has 0 bridgehead atoms. The third kappa shape index (κ3) is 2.86. The predicted molar refractivity (Wildman–Crippen MR) is 102 cm³/mol. The number of H-pyrrole nitrogens is 1. The molecule has 0 aliphatic carbocycles. The van der Waals surface area contributed by atoms with E-state index in [-0.39, 0.29) is 0 Å². The van der Waals surface area contributed by atoms with Crippen molar-refractivity contribution in [2.45, 2.75) is 6.92 Å². The first kappa shape index (κ1) is 14.5. The predicted octanol–water partition coefficient (Wildman–Crippen LogP) is 5.71. The molecular formula is C22H18N2. The van der Waals surface area contributed by atoms with Crippen molar-refractivity contribution in [1.29, 1.82) is 0 Å². The molecule has 2 heteroatoms. The number of aromatic amines is 1.